The molecule has 1 heterocycles. The highest BCUT2D eigenvalue weighted by Gasteiger charge is 2.41. The third kappa shape index (κ3) is 3.02. The van der Waals surface area contributed by atoms with Crippen LogP contribution in [0, 0.1) is 0 Å². The van der Waals surface area contributed by atoms with Gasteiger partial charge in [0.05, 0.1) is 0 Å². The second-order valence-corrected chi connectivity index (χ2v) is 2.11. The monoisotopic (exact) mass is 184 g/mol. The fraction of sp³-hybridized carbons (Fsp3) is 0.667. The Kier molecular flexibility index (Phi) is 3.73. The highest BCUT2D eigenvalue weighted by Crippen LogP contribution is 2.35. The highest BCUT2D eigenvalue weighted by molar-refractivity contribution is 7.22. The van der Waals surface area contributed by atoms with Crippen molar-refractivity contribution in [1.29, 1.82) is 0 Å². The first-order valence-electron chi connectivity index (χ1n) is 3.23. The number of hydrogen-bond donors (Lipinski definition) is 0. The standard InChI is InChI=1S/C4H5F2O2P.C2H6/c1-2-3(9)8-4(5,6)7-2;1-2/h9H2,1H3;1-2H3. The number of halogens is 2. The number of hydrogen-bond acceptors (Lipinski definition) is 2. The fourth-order valence-electron chi connectivity index (χ4n) is 0.449. The second-order valence-electron chi connectivity index (χ2n) is 1.59. The molecule has 1 aliphatic heterocycles. The molecular weight excluding hydrogens is 173 g/mol. The minimum Gasteiger partial charge on any atom is -0.400 e. The van der Waals surface area contributed by atoms with Gasteiger partial charge in [-0.05, 0) is 6.92 Å². The largest absolute Gasteiger partial charge is 0.585 e. The normalized spacial score (nSPS) is 19.8. The third-order valence-electron chi connectivity index (χ3n) is 0.848. The summed E-state index contributed by atoms with van der Waals surface area (Å²) in [5.74, 6) is 0.102. The first-order valence-corrected chi connectivity index (χ1v) is 3.81. The van der Waals surface area contributed by atoms with Crippen molar-refractivity contribution in [1.82, 2.24) is 0 Å². The molecule has 0 fully saturated rings. The molecular formula is C6H11F2O2P. The van der Waals surface area contributed by atoms with Crippen molar-refractivity contribution in [3.05, 3.63) is 11.3 Å². The van der Waals surface area contributed by atoms with Crippen molar-refractivity contribution in [2.45, 2.75) is 27.1 Å². The highest BCUT2D eigenvalue weighted by atomic mass is 31.0. The summed E-state index contributed by atoms with van der Waals surface area (Å²) in [6, 6.07) is 0. The average molecular weight is 184 g/mol. The molecule has 0 aromatic carbocycles. The topological polar surface area (TPSA) is 18.5 Å². The van der Waals surface area contributed by atoms with Crippen LogP contribution in [0.5, 0.6) is 0 Å². The van der Waals surface area contributed by atoms with Crippen LogP contribution in [0.3, 0.4) is 0 Å². The molecule has 0 bridgehead atoms. The van der Waals surface area contributed by atoms with Crippen LogP contribution in [0.2, 0.25) is 0 Å². The van der Waals surface area contributed by atoms with Crippen molar-refractivity contribution >= 4 is 9.24 Å². The Morgan fingerprint density at radius 3 is 1.82 bits per heavy atom. The quantitative estimate of drug-likeness (QED) is 0.539. The molecule has 0 aliphatic carbocycles. The van der Waals surface area contributed by atoms with Gasteiger partial charge in [-0.25, -0.2) is 0 Å². The number of rotatable bonds is 0. The molecule has 66 valence electrons. The summed E-state index contributed by atoms with van der Waals surface area (Å²) in [6.07, 6.45) is -3.46. The van der Waals surface area contributed by atoms with Crippen LogP contribution in [0.4, 0.5) is 8.78 Å². The van der Waals surface area contributed by atoms with Crippen molar-refractivity contribution in [3.8, 4) is 0 Å². The molecule has 1 rings (SSSR count). The van der Waals surface area contributed by atoms with Crippen LogP contribution in [-0.2, 0) is 9.47 Å². The molecule has 2 nitrogen and oxygen atoms in total. The van der Waals surface area contributed by atoms with Crippen molar-refractivity contribution in [3.63, 3.8) is 0 Å². The lowest BCUT2D eigenvalue weighted by molar-refractivity contribution is -0.334. The maximum Gasteiger partial charge on any atom is 0.585 e. The SMILES string of the molecule is CC.CC1=C(P)OC(F)(F)O1. The van der Waals surface area contributed by atoms with Crippen LogP contribution in [-0.4, -0.2) is 6.29 Å². The Hall–Kier alpha value is -0.370. The van der Waals surface area contributed by atoms with Crippen molar-refractivity contribution < 1.29 is 18.3 Å². The summed E-state index contributed by atoms with van der Waals surface area (Å²) < 4.78 is 31.8. The summed E-state index contributed by atoms with van der Waals surface area (Å²) in [5.41, 5.74) is 0.0556. The smallest absolute Gasteiger partial charge is 0.400 e. The average Bonchev–Trinajstić information content (AvgIpc) is 2.10. The predicted octanol–water partition coefficient (Wildman–Crippen LogP) is 2.67. The predicted molar refractivity (Wildman–Crippen MR) is 40.9 cm³/mol. The zero-order valence-electron chi connectivity index (χ0n) is 6.65. The van der Waals surface area contributed by atoms with Crippen LogP contribution in [0.25, 0.3) is 0 Å². The summed E-state index contributed by atoms with van der Waals surface area (Å²) in [5, 5.41) is 0. The molecule has 5 heteroatoms. The Morgan fingerprint density at radius 2 is 1.73 bits per heavy atom. The summed E-state index contributed by atoms with van der Waals surface area (Å²) in [4.78, 5) is 0. The van der Waals surface area contributed by atoms with E-state index >= 15 is 0 Å². The molecule has 0 spiro atoms. The maximum atomic E-state index is 11.9. The first kappa shape index (κ1) is 10.6. The summed E-state index contributed by atoms with van der Waals surface area (Å²) in [7, 11) is 2.01. The van der Waals surface area contributed by atoms with E-state index in [2.05, 4.69) is 9.47 Å². The maximum absolute atomic E-state index is 11.9. The molecule has 0 aromatic rings. The van der Waals surface area contributed by atoms with Gasteiger partial charge in [0.2, 0.25) is 0 Å². The van der Waals surface area contributed by atoms with Crippen molar-refractivity contribution in [2.75, 3.05) is 0 Å². The molecule has 0 amide bonds. The zero-order valence-corrected chi connectivity index (χ0v) is 7.80. The van der Waals surface area contributed by atoms with Gasteiger partial charge in [0, 0.05) is 0 Å². The lowest BCUT2D eigenvalue weighted by atomic mass is 10.6. The summed E-state index contributed by atoms with van der Waals surface area (Å²) >= 11 is 0. The molecule has 0 saturated heterocycles. The van der Waals surface area contributed by atoms with Gasteiger partial charge in [-0.2, -0.15) is 0 Å². The first-order chi connectivity index (χ1) is 5.01. The molecule has 1 unspecified atom stereocenters. The number of ether oxygens (including phenoxy) is 2. The van der Waals surface area contributed by atoms with Gasteiger partial charge in [-0.1, -0.05) is 23.1 Å². The van der Waals surface area contributed by atoms with Gasteiger partial charge in [-0.3, -0.25) is 0 Å². The summed E-state index contributed by atoms with van der Waals surface area (Å²) in [6.45, 7) is 5.41. The number of alkyl halides is 2. The minimum atomic E-state index is -3.46. The van der Waals surface area contributed by atoms with Crippen LogP contribution in [0.15, 0.2) is 11.3 Å². The molecule has 1 aliphatic rings. The van der Waals surface area contributed by atoms with Gasteiger partial charge >= 0.3 is 6.29 Å². The zero-order chi connectivity index (χ0) is 9.07. The van der Waals surface area contributed by atoms with Gasteiger partial charge < -0.3 is 9.47 Å². The van der Waals surface area contributed by atoms with Gasteiger partial charge in [0.15, 0.2) is 5.50 Å². The van der Waals surface area contributed by atoms with Crippen molar-refractivity contribution in [2.24, 2.45) is 0 Å². The van der Waals surface area contributed by atoms with Gasteiger partial charge in [-0.15, -0.1) is 8.78 Å². The van der Waals surface area contributed by atoms with E-state index in [1.807, 2.05) is 23.1 Å². The van der Waals surface area contributed by atoms with Gasteiger partial charge in [0.1, 0.15) is 5.76 Å². The van der Waals surface area contributed by atoms with E-state index in [4.69, 9.17) is 0 Å². The Labute approximate surface area is 66.8 Å². The Bertz CT molecular complexity index is 152. The van der Waals surface area contributed by atoms with E-state index in [9.17, 15) is 8.78 Å². The van der Waals surface area contributed by atoms with E-state index in [1.54, 1.807) is 0 Å². The van der Waals surface area contributed by atoms with E-state index in [1.165, 1.54) is 6.92 Å². The molecule has 11 heavy (non-hydrogen) atoms. The van der Waals surface area contributed by atoms with Crippen LogP contribution >= 0.6 is 9.24 Å². The lowest BCUT2D eigenvalue weighted by Gasteiger charge is -2.05. The lowest BCUT2D eigenvalue weighted by Crippen LogP contribution is -2.15. The van der Waals surface area contributed by atoms with Gasteiger partial charge in [0.25, 0.3) is 0 Å². The molecule has 0 N–H and O–H groups in total. The third-order valence-corrected chi connectivity index (χ3v) is 1.37. The Balaban J connectivity index is 0.000000461. The molecule has 0 aromatic heterocycles. The molecule has 0 radical (unpaired) electrons. The van der Waals surface area contributed by atoms with E-state index in [-0.39, 0.29) is 11.3 Å². The van der Waals surface area contributed by atoms with E-state index < -0.39 is 6.29 Å². The van der Waals surface area contributed by atoms with E-state index in [0.717, 1.165) is 0 Å². The number of allylic oxidation sites excluding steroid dienone is 1. The van der Waals surface area contributed by atoms with Crippen LogP contribution < -0.4 is 0 Å². The Morgan fingerprint density at radius 1 is 1.27 bits per heavy atom. The minimum absolute atomic E-state index is 0.0556. The second kappa shape index (κ2) is 3.86. The molecule has 0 saturated carbocycles. The van der Waals surface area contributed by atoms with Crippen LogP contribution in [0.1, 0.15) is 20.8 Å². The molecule has 1 atom stereocenters. The fourth-order valence-corrected chi connectivity index (χ4v) is 0.645. The van der Waals surface area contributed by atoms with E-state index in [0.29, 0.717) is 0 Å².